The molecule has 0 fully saturated rings. The molecule has 0 spiro atoms. The number of aryl methyl sites for hydroxylation is 2. The maximum Gasteiger partial charge on any atom is 0.325 e. The summed E-state index contributed by atoms with van der Waals surface area (Å²) in [5.41, 5.74) is 4.93. The minimum atomic E-state index is -0.710. The molecule has 0 radical (unpaired) electrons. The first kappa shape index (κ1) is 25.6. The van der Waals surface area contributed by atoms with Gasteiger partial charge in [-0.15, -0.1) is 0 Å². The lowest BCUT2D eigenvalue weighted by molar-refractivity contribution is -0.152. The highest BCUT2D eigenvalue weighted by molar-refractivity contribution is 6.03. The Bertz CT molecular complexity index is 1300. The molecule has 1 heterocycles. The number of ether oxygens (including phenoxy) is 2. The topological polar surface area (TPSA) is 97.3 Å². The van der Waals surface area contributed by atoms with Crippen LogP contribution in [0.5, 0.6) is 5.75 Å². The van der Waals surface area contributed by atoms with E-state index in [4.69, 9.17) is 9.47 Å². The van der Waals surface area contributed by atoms with Crippen molar-refractivity contribution in [2.75, 3.05) is 20.3 Å². The van der Waals surface area contributed by atoms with Gasteiger partial charge in [-0.2, -0.15) is 5.10 Å². The zero-order chi connectivity index (χ0) is 26.4. The van der Waals surface area contributed by atoms with Gasteiger partial charge in [-0.25, -0.2) is 5.01 Å². The Kier molecular flexibility index (Phi) is 7.98. The Morgan fingerprint density at radius 2 is 1.65 bits per heavy atom. The molecule has 8 heteroatoms. The molecule has 1 aliphatic heterocycles. The lowest BCUT2D eigenvalue weighted by Crippen LogP contribution is -2.34. The number of benzene rings is 3. The SMILES string of the molecule is COc1ccc(C2CC(c3ccccc3)=NN2C(=O)COC(=O)CNC(=O)c2cc(C)cc(C)c2)cc1. The van der Waals surface area contributed by atoms with Gasteiger partial charge in [0, 0.05) is 12.0 Å². The summed E-state index contributed by atoms with van der Waals surface area (Å²) < 4.78 is 10.4. The Morgan fingerprint density at radius 1 is 0.973 bits per heavy atom. The van der Waals surface area contributed by atoms with E-state index in [9.17, 15) is 14.4 Å². The van der Waals surface area contributed by atoms with Crippen LogP contribution < -0.4 is 10.1 Å². The number of carbonyl (C=O) groups excluding carboxylic acids is 3. The molecular weight excluding hydrogens is 470 g/mol. The molecular formula is C29H29N3O5. The predicted molar refractivity (Wildman–Crippen MR) is 139 cm³/mol. The van der Waals surface area contributed by atoms with E-state index in [0.29, 0.717) is 17.7 Å². The molecule has 3 aromatic carbocycles. The molecule has 190 valence electrons. The van der Waals surface area contributed by atoms with Crippen molar-refractivity contribution < 1.29 is 23.9 Å². The molecule has 0 saturated carbocycles. The molecule has 0 aliphatic carbocycles. The molecule has 0 saturated heterocycles. The van der Waals surface area contributed by atoms with Gasteiger partial charge in [0.1, 0.15) is 12.3 Å². The van der Waals surface area contributed by atoms with Crippen LogP contribution in [0.15, 0.2) is 77.9 Å². The van der Waals surface area contributed by atoms with Crippen LogP contribution >= 0.6 is 0 Å². The van der Waals surface area contributed by atoms with Crippen molar-refractivity contribution in [3.05, 3.63) is 101 Å². The van der Waals surface area contributed by atoms with Gasteiger partial charge in [-0.1, -0.05) is 59.7 Å². The number of hydrazone groups is 1. The quantitative estimate of drug-likeness (QED) is 0.473. The van der Waals surface area contributed by atoms with Crippen LogP contribution in [-0.4, -0.2) is 48.8 Å². The van der Waals surface area contributed by atoms with Gasteiger partial charge in [-0.3, -0.25) is 14.4 Å². The first-order valence-electron chi connectivity index (χ1n) is 11.9. The zero-order valence-corrected chi connectivity index (χ0v) is 21.1. The fourth-order valence-corrected chi connectivity index (χ4v) is 4.25. The highest BCUT2D eigenvalue weighted by atomic mass is 16.5. The third-order valence-electron chi connectivity index (χ3n) is 6.01. The van der Waals surface area contributed by atoms with Crippen LogP contribution in [0, 0.1) is 13.8 Å². The van der Waals surface area contributed by atoms with Gasteiger partial charge in [0.05, 0.1) is 18.9 Å². The highest BCUT2D eigenvalue weighted by Crippen LogP contribution is 2.33. The minimum Gasteiger partial charge on any atom is -0.497 e. The number of carbonyl (C=O) groups is 3. The summed E-state index contributed by atoms with van der Waals surface area (Å²) in [5, 5.41) is 8.48. The van der Waals surface area contributed by atoms with E-state index < -0.39 is 18.5 Å². The molecule has 1 N–H and O–H groups in total. The second-order valence-corrected chi connectivity index (χ2v) is 8.86. The molecule has 37 heavy (non-hydrogen) atoms. The summed E-state index contributed by atoms with van der Waals surface area (Å²) in [7, 11) is 1.59. The maximum atomic E-state index is 13.1. The van der Waals surface area contributed by atoms with E-state index in [0.717, 1.165) is 28.0 Å². The molecule has 8 nitrogen and oxygen atoms in total. The average molecular weight is 500 g/mol. The first-order valence-corrected chi connectivity index (χ1v) is 11.9. The van der Waals surface area contributed by atoms with Crippen molar-refractivity contribution in [2.45, 2.75) is 26.3 Å². The van der Waals surface area contributed by atoms with Crippen molar-refractivity contribution in [1.82, 2.24) is 10.3 Å². The molecule has 0 bridgehead atoms. The Labute approximate surface area is 215 Å². The van der Waals surface area contributed by atoms with Crippen molar-refractivity contribution in [3.63, 3.8) is 0 Å². The smallest absolute Gasteiger partial charge is 0.325 e. The number of rotatable bonds is 8. The zero-order valence-electron chi connectivity index (χ0n) is 21.1. The number of amides is 2. The van der Waals surface area contributed by atoms with E-state index in [1.54, 1.807) is 19.2 Å². The third kappa shape index (κ3) is 6.41. The van der Waals surface area contributed by atoms with Crippen LogP contribution in [0.3, 0.4) is 0 Å². The van der Waals surface area contributed by atoms with Gasteiger partial charge in [-0.05, 0) is 49.2 Å². The van der Waals surface area contributed by atoms with Crippen molar-refractivity contribution in [1.29, 1.82) is 0 Å². The van der Waals surface area contributed by atoms with Crippen LogP contribution in [0.25, 0.3) is 0 Å². The molecule has 1 atom stereocenters. The van der Waals surface area contributed by atoms with Gasteiger partial charge in [0.2, 0.25) is 0 Å². The van der Waals surface area contributed by atoms with E-state index in [1.165, 1.54) is 5.01 Å². The van der Waals surface area contributed by atoms with Crippen LogP contribution in [0.2, 0.25) is 0 Å². The van der Waals surface area contributed by atoms with Crippen LogP contribution in [0.4, 0.5) is 0 Å². The first-order chi connectivity index (χ1) is 17.8. The Morgan fingerprint density at radius 3 is 2.30 bits per heavy atom. The van der Waals surface area contributed by atoms with Gasteiger partial charge >= 0.3 is 5.97 Å². The van der Waals surface area contributed by atoms with Gasteiger partial charge in [0.15, 0.2) is 6.61 Å². The Balaban J connectivity index is 1.40. The van der Waals surface area contributed by atoms with Crippen molar-refractivity contribution in [3.8, 4) is 5.75 Å². The monoisotopic (exact) mass is 499 g/mol. The fraction of sp³-hybridized carbons (Fsp3) is 0.241. The van der Waals surface area contributed by atoms with E-state index in [-0.39, 0.29) is 18.5 Å². The second kappa shape index (κ2) is 11.5. The summed E-state index contributed by atoms with van der Waals surface area (Å²) in [6.45, 7) is 2.95. The lowest BCUT2D eigenvalue weighted by Gasteiger charge is -2.22. The summed E-state index contributed by atoms with van der Waals surface area (Å²) in [6, 6.07) is 22.2. The molecule has 1 aliphatic rings. The lowest BCUT2D eigenvalue weighted by atomic mass is 9.98. The Hall–Kier alpha value is -4.46. The second-order valence-electron chi connectivity index (χ2n) is 8.86. The van der Waals surface area contributed by atoms with E-state index >= 15 is 0 Å². The largest absolute Gasteiger partial charge is 0.497 e. The standard InChI is InChI=1S/C29H29N3O5/c1-19-13-20(2)15-23(14-19)29(35)30-17-28(34)37-18-27(33)32-26(22-9-11-24(36-3)12-10-22)16-25(31-32)21-7-5-4-6-8-21/h4-15,26H,16-18H2,1-3H3,(H,30,35). The fourth-order valence-electron chi connectivity index (χ4n) is 4.25. The number of esters is 1. The molecule has 3 aromatic rings. The summed E-state index contributed by atoms with van der Waals surface area (Å²) >= 11 is 0. The van der Waals surface area contributed by atoms with Crippen molar-refractivity contribution in [2.24, 2.45) is 5.10 Å². The molecule has 4 rings (SSSR count). The third-order valence-corrected chi connectivity index (χ3v) is 6.01. The van der Waals surface area contributed by atoms with Gasteiger partial charge in [0.25, 0.3) is 11.8 Å². The highest BCUT2D eigenvalue weighted by Gasteiger charge is 2.33. The summed E-state index contributed by atoms with van der Waals surface area (Å²) in [6.07, 6.45) is 0.516. The number of hydrogen-bond donors (Lipinski definition) is 1. The minimum absolute atomic E-state index is 0.348. The molecule has 1 unspecified atom stereocenters. The number of methoxy groups -OCH3 is 1. The van der Waals surface area contributed by atoms with Crippen molar-refractivity contribution >= 4 is 23.5 Å². The number of hydrogen-bond acceptors (Lipinski definition) is 6. The van der Waals surface area contributed by atoms with E-state index in [1.807, 2.05) is 74.5 Å². The predicted octanol–water partition coefficient (Wildman–Crippen LogP) is 3.96. The molecule has 0 aromatic heterocycles. The van der Waals surface area contributed by atoms with Crippen LogP contribution in [-0.2, 0) is 14.3 Å². The van der Waals surface area contributed by atoms with Gasteiger partial charge < -0.3 is 14.8 Å². The maximum absolute atomic E-state index is 13.1. The van der Waals surface area contributed by atoms with E-state index in [2.05, 4.69) is 10.4 Å². The number of nitrogens with one attached hydrogen (secondary N) is 1. The number of nitrogens with zero attached hydrogens (tertiary/aromatic N) is 2. The average Bonchev–Trinajstić information content (AvgIpc) is 3.36. The normalized spacial score (nSPS) is 14.6. The van der Waals surface area contributed by atoms with Crippen LogP contribution in [0.1, 0.15) is 45.1 Å². The summed E-state index contributed by atoms with van der Waals surface area (Å²) in [4.78, 5) is 37.8. The molecule has 2 amide bonds. The summed E-state index contributed by atoms with van der Waals surface area (Å²) in [5.74, 6) is -0.841.